The molecular weight excluding hydrogens is 358 g/mol. The predicted octanol–water partition coefficient (Wildman–Crippen LogP) is 3.75. The van der Waals surface area contributed by atoms with Gasteiger partial charge in [-0.3, -0.25) is 0 Å². The zero-order valence-corrected chi connectivity index (χ0v) is 18.5. The van der Waals surface area contributed by atoms with Gasteiger partial charge < -0.3 is 29.4 Å². The van der Waals surface area contributed by atoms with Crippen molar-refractivity contribution in [2.75, 3.05) is 20.2 Å². The van der Waals surface area contributed by atoms with Crippen LogP contribution in [0.5, 0.6) is 0 Å². The number of rotatable bonds is 15. The van der Waals surface area contributed by atoms with Crippen LogP contribution in [0.4, 0.5) is 0 Å². The first-order valence-corrected chi connectivity index (χ1v) is 11.4. The molecule has 0 aromatic heterocycles. The molecule has 0 amide bonds. The second-order valence-electron chi connectivity index (χ2n) is 8.70. The standard InChI is InChI=1S/C22H43NO5/c1-5-6-7-8-9-10-11-12-13-14-15-25-17(16-23-4)18-19-20(21(24)26-18)28-22(2,3)27-19/h17-21,23-24H,5-16H2,1-4H3/t17-,18-,19+,20+,21+/m1/s1. The third-order valence-corrected chi connectivity index (χ3v) is 5.67. The minimum Gasteiger partial charge on any atom is -0.374 e. The number of fused-ring (bicyclic) bond motifs is 1. The summed E-state index contributed by atoms with van der Waals surface area (Å²) in [5.74, 6) is -0.695. The van der Waals surface area contributed by atoms with E-state index in [1.54, 1.807) is 0 Å². The van der Waals surface area contributed by atoms with Crippen molar-refractivity contribution in [1.29, 1.82) is 0 Å². The number of aliphatic hydroxyl groups excluding tert-OH is 1. The average molecular weight is 402 g/mol. The SMILES string of the molecule is CCCCCCCCCCCCO[C@H](CNC)[C@H]1O[C@H](O)[C@H]2OC(C)(C)O[C@H]21. The van der Waals surface area contributed by atoms with E-state index >= 15 is 0 Å². The summed E-state index contributed by atoms with van der Waals surface area (Å²) in [7, 11) is 1.90. The van der Waals surface area contributed by atoms with Crippen molar-refractivity contribution in [1.82, 2.24) is 5.32 Å². The minimum absolute atomic E-state index is 0.161. The smallest absolute Gasteiger partial charge is 0.184 e. The maximum absolute atomic E-state index is 10.2. The van der Waals surface area contributed by atoms with Gasteiger partial charge in [-0.05, 0) is 27.3 Å². The summed E-state index contributed by atoms with van der Waals surface area (Å²) in [6.07, 6.45) is 10.9. The Labute approximate surface area is 171 Å². The van der Waals surface area contributed by atoms with E-state index in [9.17, 15) is 5.11 Å². The average Bonchev–Trinajstić information content (AvgIpc) is 3.12. The van der Waals surface area contributed by atoms with Crippen molar-refractivity contribution in [2.24, 2.45) is 0 Å². The van der Waals surface area contributed by atoms with E-state index in [0.29, 0.717) is 13.2 Å². The van der Waals surface area contributed by atoms with E-state index < -0.39 is 18.2 Å². The molecule has 0 radical (unpaired) electrons. The van der Waals surface area contributed by atoms with Gasteiger partial charge >= 0.3 is 0 Å². The van der Waals surface area contributed by atoms with Gasteiger partial charge in [0.1, 0.15) is 18.3 Å². The van der Waals surface area contributed by atoms with Crippen LogP contribution in [-0.4, -0.2) is 61.8 Å². The molecule has 2 aliphatic heterocycles. The van der Waals surface area contributed by atoms with Crippen LogP contribution in [-0.2, 0) is 18.9 Å². The van der Waals surface area contributed by atoms with Gasteiger partial charge in [-0.15, -0.1) is 0 Å². The first-order valence-electron chi connectivity index (χ1n) is 11.4. The monoisotopic (exact) mass is 401 g/mol. The fourth-order valence-corrected chi connectivity index (χ4v) is 4.20. The van der Waals surface area contributed by atoms with E-state index in [-0.39, 0.29) is 18.3 Å². The van der Waals surface area contributed by atoms with Gasteiger partial charge in [-0.1, -0.05) is 64.7 Å². The number of nitrogens with one attached hydrogen (secondary N) is 1. The Hall–Kier alpha value is -0.240. The summed E-state index contributed by atoms with van der Waals surface area (Å²) in [5, 5.41) is 13.3. The maximum Gasteiger partial charge on any atom is 0.184 e. The Bertz CT molecular complexity index is 420. The Balaban J connectivity index is 1.61. The molecule has 2 fully saturated rings. The second kappa shape index (κ2) is 12.5. The lowest BCUT2D eigenvalue weighted by atomic mass is 10.1. The molecule has 0 unspecified atom stereocenters. The van der Waals surface area contributed by atoms with Crippen molar-refractivity contribution >= 4 is 0 Å². The van der Waals surface area contributed by atoms with Crippen LogP contribution in [0.3, 0.4) is 0 Å². The van der Waals surface area contributed by atoms with Gasteiger partial charge in [-0.2, -0.15) is 0 Å². The third kappa shape index (κ3) is 7.54. The van der Waals surface area contributed by atoms with E-state index in [1.165, 1.54) is 57.8 Å². The van der Waals surface area contributed by atoms with E-state index in [1.807, 2.05) is 20.9 Å². The largest absolute Gasteiger partial charge is 0.374 e. The van der Waals surface area contributed by atoms with E-state index in [0.717, 1.165) is 6.42 Å². The number of hydrogen-bond acceptors (Lipinski definition) is 6. The van der Waals surface area contributed by atoms with Crippen molar-refractivity contribution in [3.63, 3.8) is 0 Å². The molecule has 166 valence electrons. The maximum atomic E-state index is 10.2. The van der Waals surface area contributed by atoms with E-state index in [4.69, 9.17) is 18.9 Å². The van der Waals surface area contributed by atoms with Gasteiger partial charge in [0.25, 0.3) is 0 Å². The highest BCUT2D eigenvalue weighted by atomic mass is 16.8. The first kappa shape index (κ1) is 24.0. The van der Waals surface area contributed by atoms with Gasteiger partial charge in [0.05, 0.1) is 6.10 Å². The summed E-state index contributed by atoms with van der Waals surface area (Å²) in [5.41, 5.74) is 0. The zero-order valence-electron chi connectivity index (χ0n) is 18.5. The Kier molecular flexibility index (Phi) is 10.7. The fourth-order valence-electron chi connectivity index (χ4n) is 4.20. The van der Waals surface area contributed by atoms with Crippen LogP contribution in [0.25, 0.3) is 0 Å². The summed E-state index contributed by atoms with van der Waals surface area (Å²) in [6.45, 7) is 7.36. The molecule has 0 aromatic carbocycles. The number of unbranched alkanes of at least 4 members (excludes halogenated alkanes) is 9. The first-order chi connectivity index (χ1) is 13.5. The third-order valence-electron chi connectivity index (χ3n) is 5.67. The zero-order chi connectivity index (χ0) is 20.4. The van der Waals surface area contributed by atoms with Crippen LogP contribution >= 0.6 is 0 Å². The lowest BCUT2D eigenvalue weighted by Crippen LogP contribution is -2.45. The predicted molar refractivity (Wildman–Crippen MR) is 110 cm³/mol. The highest BCUT2D eigenvalue weighted by Gasteiger charge is 2.56. The second-order valence-corrected chi connectivity index (χ2v) is 8.70. The molecule has 6 nitrogen and oxygen atoms in total. The van der Waals surface area contributed by atoms with Gasteiger partial charge in [-0.25, -0.2) is 0 Å². The normalized spacial score (nSPS) is 29.9. The molecule has 6 heteroatoms. The fraction of sp³-hybridized carbons (Fsp3) is 1.00. The molecule has 2 N–H and O–H groups in total. The highest BCUT2D eigenvalue weighted by molar-refractivity contribution is 4.98. The number of hydrogen-bond donors (Lipinski definition) is 2. The van der Waals surface area contributed by atoms with Crippen LogP contribution in [0, 0.1) is 0 Å². The van der Waals surface area contributed by atoms with Crippen LogP contribution < -0.4 is 5.32 Å². The number of likely N-dealkylation sites (N-methyl/N-ethyl adjacent to an activating group) is 1. The topological polar surface area (TPSA) is 69.2 Å². The summed E-state index contributed by atoms with van der Waals surface area (Å²) >= 11 is 0. The molecule has 0 spiro atoms. The molecule has 5 atom stereocenters. The molecule has 0 saturated carbocycles. The summed E-state index contributed by atoms with van der Waals surface area (Å²) < 4.78 is 23.6. The Morgan fingerprint density at radius 2 is 1.50 bits per heavy atom. The molecule has 0 aliphatic carbocycles. The van der Waals surface area contributed by atoms with Crippen molar-refractivity contribution in [3.05, 3.63) is 0 Å². The Morgan fingerprint density at radius 3 is 2.11 bits per heavy atom. The quantitative estimate of drug-likeness (QED) is 0.407. The lowest BCUT2D eigenvalue weighted by Gasteiger charge is -2.28. The molecule has 2 saturated heterocycles. The van der Waals surface area contributed by atoms with Crippen molar-refractivity contribution in [3.8, 4) is 0 Å². The molecule has 0 aromatic rings. The summed E-state index contributed by atoms with van der Waals surface area (Å²) in [4.78, 5) is 0. The molecular formula is C22H43NO5. The van der Waals surface area contributed by atoms with Crippen LogP contribution in [0.1, 0.15) is 85.0 Å². The van der Waals surface area contributed by atoms with Crippen LogP contribution in [0.15, 0.2) is 0 Å². The molecule has 2 aliphatic rings. The molecule has 28 heavy (non-hydrogen) atoms. The van der Waals surface area contributed by atoms with Crippen molar-refractivity contribution < 1.29 is 24.1 Å². The van der Waals surface area contributed by atoms with Crippen LogP contribution in [0.2, 0.25) is 0 Å². The molecule has 0 bridgehead atoms. The van der Waals surface area contributed by atoms with Gasteiger partial charge in [0.2, 0.25) is 0 Å². The van der Waals surface area contributed by atoms with Crippen molar-refractivity contribution in [2.45, 2.75) is 121 Å². The number of aliphatic hydroxyl groups is 1. The minimum atomic E-state index is -0.961. The highest BCUT2D eigenvalue weighted by Crippen LogP contribution is 2.39. The number of ether oxygens (including phenoxy) is 4. The Morgan fingerprint density at radius 1 is 0.929 bits per heavy atom. The molecule has 2 heterocycles. The van der Waals surface area contributed by atoms with Gasteiger partial charge in [0, 0.05) is 13.2 Å². The molecule has 2 rings (SSSR count). The van der Waals surface area contributed by atoms with E-state index in [2.05, 4.69) is 12.2 Å². The summed E-state index contributed by atoms with van der Waals surface area (Å²) in [6, 6.07) is 0. The lowest BCUT2D eigenvalue weighted by molar-refractivity contribution is -0.233. The van der Waals surface area contributed by atoms with Gasteiger partial charge in [0.15, 0.2) is 12.1 Å².